The van der Waals surface area contributed by atoms with Gasteiger partial charge in [0.05, 0.1) is 25.2 Å². The molecule has 160 valence electrons. The maximum atomic E-state index is 11.1. The Bertz CT molecular complexity index is 939. The summed E-state index contributed by atoms with van der Waals surface area (Å²) in [4.78, 5) is 12.9. The highest BCUT2D eigenvalue weighted by Crippen LogP contribution is 2.48. The van der Waals surface area contributed by atoms with Gasteiger partial charge in [0.25, 0.3) is 5.69 Å². The molecule has 0 unspecified atom stereocenters. The summed E-state index contributed by atoms with van der Waals surface area (Å²) in [6, 6.07) is 10.5. The zero-order valence-corrected chi connectivity index (χ0v) is 17.5. The Hall–Kier alpha value is -2.64. The van der Waals surface area contributed by atoms with Crippen molar-refractivity contribution >= 4 is 5.69 Å². The lowest BCUT2D eigenvalue weighted by Crippen LogP contribution is -2.45. The van der Waals surface area contributed by atoms with Crippen LogP contribution in [0.15, 0.2) is 36.4 Å². The van der Waals surface area contributed by atoms with E-state index in [0.717, 1.165) is 25.1 Å². The van der Waals surface area contributed by atoms with Gasteiger partial charge in [0.15, 0.2) is 11.5 Å². The average Bonchev–Trinajstić information content (AvgIpc) is 3.21. The van der Waals surface area contributed by atoms with Gasteiger partial charge in [0.1, 0.15) is 0 Å². The van der Waals surface area contributed by atoms with Crippen molar-refractivity contribution in [3.8, 4) is 11.5 Å². The van der Waals surface area contributed by atoms with Crippen LogP contribution in [0.1, 0.15) is 48.5 Å². The Morgan fingerprint density at radius 3 is 2.53 bits per heavy atom. The number of nitro benzene ring substituents is 1. The molecule has 2 aromatic carbocycles. The van der Waals surface area contributed by atoms with Gasteiger partial charge in [0.2, 0.25) is 0 Å². The molecule has 0 radical (unpaired) electrons. The van der Waals surface area contributed by atoms with Crippen LogP contribution < -0.4 is 9.47 Å². The number of nitro groups is 1. The molecular formula is C23H28N2O5. The summed E-state index contributed by atoms with van der Waals surface area (Å²) >= 11 is 0. The van der Waals surface area contributed by atoms with E-state index in [0.29, 0.717) is 24.4 Å². The SMILES string of the molecule is COc1cc2c(cc1OC)C1(CCCC1)CN(C[C@H](O)c1cccc([N+](=O)[O-])c1)C2. The lowest BCUT2D eigenvalue weighted by molar-refractivity contribution is -0.385. The van der Waals surface area contributed by atoms with Crippen molar-refractivity contribution in [1.29, 1.82) is 0 Å². The third-order valence-corrected chi connectivity index (χ3v) is 6.56. The number of hydrogen-bond acceptors (Lipinski definition) is 6. The lowest BCUT2D eigenvalue weighted by Gasteiger charge is -2.43. The van der Waals surface area contributed by atoms with Crippen LogP contribution in [-0.2, 0) is 12.0 Å². The third-order valence-electron chi connectivity index (χ3n) is 6.56. The Morgan fingerprint density at radius 1 is 1.17 bits per heavy atom. The third kappa shape index (κ3) is 3.75. The molecule has 0 aromatic heterocycles. The van der Waals surface area contributed by atoms with Crippen molar-refractivity contribution in [2.45, 2.75) is 43.7 Å². The van der Waals surface area contributed by atoms with Crippen LogP contribution in [0.25, 0.3) is 0 Å². The summed E-state index contributed by atoms with van der Waals surface area (Å²) in [7, 11) is 3.30. The molecular weight excluding hydrogens is 384 g/mol. The molecule has 0 amide bonds. The number of non-ortho nitro benzene ring substituents is 1. The monoisotopic (exact) mass is 412 g/mol. The van der Waals surface area contributed by atoms with Crippen LogP contribution in [0.3, 0.4) is 0 Å². The quantitative estimate of drug-likeness (QED) is 0.571. The predicted molar refractivity (Wildman–Crippen MR) is 113 cm³/mol. The van der Waals surface area contributed by atoms with Crippen LogP contribution >= 0.6 is 0 Å². The topological polar surface area (TPSA) is 85.1 Å². The first-order valence-electron chi connectivity index (χ1n) is 10.4. The number of aliphatic hydroxyl groups excluding tert-OH is 1. The molecule has 1 heterocycles. The highest BCUT2D eigenvalue weighted by molar-refractivity contribution is 5.51. The van der Waals surface area contributed by atoms with Crippen LogP contribution in [0.4, 0.5) is 5.69 Å². The maximum absolute atomic E-state index is 11.1. The predicted octanol–water partition coefficient (Wildman–Crippen LogP) is 3.97. The molecule has 0 bridgehead atoms. The van der Waals surface area contributed by atoms with Crippen LogP contribution in [-0.4, -0.2) is 42.2 Å². The van der Waals surface area contributed by atoms with E-state index < -0.39 is 11.0 Å². The van der Waals surface area contributed by atoms with Crippen LogP contribution in [0.2, 0.25) is 0 Å². The first kappa shape index (κ1) is 20.6. The van der Waals surface area contributed by atoms with Gasteiger partial charge in [-0.1, -0.05) is 25.0 Å². The van der Waals surface area contributed by atoms with Gasteiger partial charge in [-0.3, -0.25) is 15.0 Å². The Balaban J connectivity index is 1.62. The molecule has 2 aliphatic rings. The van der Waals surface area contributed by atoms with Gasteiger partial charge in [-0.2, -0.15) is 0 Å². The fourth-order valence-corrected chi connectivity index (χ4v) is 5.16. The molecule has 1 aliphatic carbocycles. The second kappa shape index (κ2) is 8.24. The minimum Gasteiger partial charge on any atom is -0.493 e. The zero-order chi connectivity index (χ0) is 21.3. The molecule has 1 spiro atoms. The number of β-amino-alcohol motifs (C(OH)–C–C–N with tert-alkyl or cyclic N) is 1. The van der Waals surface area contributed by atoms with Crippen molar-refractivity contribution in [3.05, 3.63) is 63.2 Å². The van der Waals surface area contributed by atoms with E-state index in [4.69, 9.17) is 9.47 Å². The standard InChI is InChI=1S/C23H28N2O5/c1-29-21-11-17-13-24(14-20(26)16-6-5-7-18(10-16)25(27)28)15-23(8-3-4-9-23)19(17)12-22(21)30-2/h5-7,10-12,20,26H,3-4,8-9,13-15H2,1-2H3/t20-/m0/s1. The summed E-state index contributed by atoms with van der Waals surface area (Å²) in [5, 5.41) is 21.9. The number of methoxy groups -OCH3 is 2. The van der Waals surface area contributed by atoms with Crippen molar-refractivity contribution in [2.75, 3.05) is 27.3 Å². The largest absolute Gasteiger partial charge is 0.493 e. The highest BCUT2D eigenvalue weighted by Gasteiger charge is 2.42. The van der Waals surface area contributed by atoms with Crippen LogP contribution in [0, 0.1) is 10.1 Å². The number of rotatable bonds is 6. The number of hydrogen-bond donors (Lipinski definition) is 1. The first-order valence-corrected chi connectivity index (χ1v) is 10.4. The molecule has 2 aromatic rings. The fraction of sp³-hybridized carbons (Fsp3) is 0.478. The van der Waals surface area contributed by atoms with E-state index in [1.807, 2.05) is 0 Å². The van der Waals surface area contributed by atoms with Crippen LogP contribution in [0.5, 0.6) is 11.5 Å². The highest BCUT2D eigenvalue weighted by atomic mass is 16.6. The van der Waals surface area contributed by atoms with Gasteiger partial charge in [0, 0.05) is 37.2 Å². The van der Waals surface area contributed by atoms with Crippen molar-refractivity contribution in [2.24, 2.45) is 0 Å². The summed E-state index contributed by atoms with van der Waals surface area (Å²) in [5.74, 6) is 1.47. The molecule has 1 saturated carbocycles. The Morgan fingerprint density at radius 2 is 1.87 bits per heavy atom. The summed E-state index contributed by atoms with van der Waals surface area (Å²) < 4.78 is 11.1. The molecule has 30 heavy (non-hydrogen) atoms. The molecule has 7 heteroatoms. The van der Waals surface area contributed by atoms with Gasteiger partial charge < -0.3 is 14.6 Å². The molecule has 0 saturated heterocycles. The van der Waals surface area contributed by atoms with Gasteiger partial charge >= 0.3 is 0 Å². The lowest BCUT2D eigenvalue weighted by atomic mass is 9.73. The molecule has 1 atom stereocenters. The summed E-state index contributed by atoms with van der Waals surface area (Å²) in [6.07, 6.45) is 3.81. The van der Waals surface area contributed by atoms with E-state index in [1.165, 1.54) is 36.1 Å². The fourth-order valence-electron chi connectivity index (χ4n) is 5.16. The van der Waals surface area contributed by atoms with E-state index in [1.54, 1.807) is 26.4 Å². The smallest absolute Gasteiger partial charge is 0.269 e. The number of aliphatic hydroxyl groups is 1. The minimum atomic E-state index is -0.787. The normalized spacial score (nSPS) is 18.8. The number of ether oxygens (including phenoxy) is 2. The van der Waals surface area contributed by atoms with E-state index in [9.17, 15) is 15.2 Å². The van der Waals surface area contributed by atoms with Gasteiger partial charge in [-0.25, -0.2) is 0 Å². The zero-order valence-electron chi connectivity index (χ0n) is 17.5. The number of fused-ring (bicyclic) bond motifs is 2. The molecule has 1 N–H and O–H groups in total. The van der Waals surface area contributed by atoms with Crippen molar-refractivity contribution in [1.82, 2.24) is 4.90 Å². The van der Waals surface area contributed by atoms with E-state index in [-0.39, 0.29) is 11.1 Å². The second-order valence-corrected chi connectivity index (χ2v) is 8.39. The second-order valence-electron chi connectivity index (χ2n) is 8.39. The van der Waals surface area contributed by atoms with Crippen molar-refractivity contribution in [3.63, 3.8) is 0 Å². The van der Waals surface area contributed by atoms with E-state index >= 15 is 0 Å². The molecule has 4 rings (SSSR count). The molecule has 1 aliphatic heterocycles. The van der Waals surface area contributed by atoms with Gasteiger partial charge in [-0.05, 0) is 41.7 Å². The molecule has 7 nitrogen and oxygen atoms in total. The van der Waals surface area contributed by atoms with E-state index in [2.05, 4.69) is 17.0 Å². The maximum Gasteiger partial charge on any atom is 0.269 e. The van der Waals surface area contributed by atoms with Gasteiger partial charge in [-0.15, -0.1) is 0 Å². The number of benzene rings is 2. The minimum absolute atomic E-state index is 0.000339. The Labute approximate surface area is 176 Å². The average molecular weight is 412 g/mol. The number of nitrogens with zero attached hydrogens (tertiary/aromatic N) is 2. The van der Waals surface area contributed by atoms with Crippen molar-refractivity contribution < 1.29 is 19.5 Å². The summed E-state index contributed by atoms with van der Waals surface area (Å²) in [6.45, 7) is 1.99. The Kier molecular flexibility index (Phi) is 5.66. The first-order chi connectivity index (χ1) is 14.5. The molecule has 1 fully saturated rings. The summed E-state index contributed by atoms with van der Waals surface area (Å²) in [5.41, 5.74) is 3.16.